The van der Waals surface area contributed by atoms with Gasteiger partial charge in [0, 0.05) is 12.6 Å². The first-order chi connectivity index (χ1) is 8.89. The SMILES string of the molecule is CCC1(C)NC(=O)C(C)N(C2CCCN(C)C2)C1=O. The molecule has 2 amide bonds. The van der Waals surface area contributed by atoms with Crippen molar-refractivity contribution in [1.29, 1.82) is 0 Å². The molecule has 108 valence electrons. The van der Waals surface area contributed by atoms with Crippen LogP contribution in [0.1, 0.15) is 40.0 Å². The number of carbonyl (C=O) groups excluding carboxylic acids is 2. The predicted molar refractivity (Wildman–Crippen MR) is 73.7 cm³/mol. The van der Waals surface area contributed by atoms with Gasteiger partial charge in [0.1, 0.15) is 11.6 Å². The van der Waals surface area contributed by atoms with Gasteiger partial charge >= 0.3 is 0 Å². The summed E-state index contributed by atoms with van der Waals surface area (Å²) in [6.45, 7) is 7.54. The van der Waals surface area contributed by atoms with Gasteiger partial charge in [-0.2, -0.15) is 0 Å². The summed E-state index contributed by atoms with van der Waals surface area (Å²) in [6, 6.07) is -0.193. The standard InChI is InChI=1S/C14H25N3O2/c1-5-14(3)13(19)17(10(2)12(18)15-14)11-7-6-8-16(4)9-11/h10-11H,5-9H2,1-4H3,(H,15,18). The zero-order valence-corrected chi connectivity index (χ0v) is 12.4. The van der Waals surface area contributed by atoms with Gasteiger partial charge in [-0.15, -0.1) is 0 Å². The van der Waals surface area contributed by atoms with Crippen molar-refractivity contribution in [3.05, 3.63) is 0 Å². The molecule has 3 unspecified atom stereocenters. The van der Waals surface area contributed by atoms with Gasteiger partial charge in [0.2, 0.25) is 11.8 Å². The van der Waals surface area contributed by atoms with Crippen molar-refractivity contribution in [1.82, 2.24) is 15.1 Å². The number of rotatable bonds is 2. The molecule has 0 spiro atoms. The maximum atomic E-state index is 12.7. The average Bonchev–Trinajstić information content (AvgIpc) is 2.37. The third-order valence-corrected chi connectivity index (χ3v) is 4.60. The number of likely N-dealkylation sites (tertiary alicyclic amines) is 1. The highest BCUT2D eigenvalue weighted by atomic mass is 16.2. The molecule has 2 saturated heterocycles. The molecule has 0 aromatic carbocycles. The van der Waals surface area contributed by atoms with E-state index in [0.29, 0.717) is 6.42 Å². The highest BCUT2D eigenvalue weighted by Crippen LogP contribution is 2.26. The lowest BCUT2D eigenvalue weighted by atomic mass is 9.89. The molecule has 3 atom stereocenters. The van der Waals surface area contributed by atoms with Crippen molar-refractivity contribution in [3.63, 3.8) is 0 Å². The summed E-state index contributed by atoms with van der Waals surface area (Å²) in [5, 5.41) is 2.88. The van der Waals surface area contributed by atoms with Crippen LogP contribution < -0.4 is 5.32 Å². The molecule has 2 fully saturated rings. The van der Waals surface area contributed by atoms with Crippen LogP contribution in [0.25, 0.3) is 0 Å². The van der Waals surface area contributed by atoms with E-state index in [1.54, 1.807) is 0 Å². The second-order valence-electron chi connectivity index (χ2n) is 6.12. The molecule has 0 bridgehead atoms. The predicted octanol–water partition coefficient (Wildman–Crippen LogP) is 0.596. The lowest BCUT2D eigenvalue weighted by molar-refractivity contribution is -0.157. The van der Waals surface area contributed by atoms with Crippen molar-refractivity contribution in [2.45, 2.75) is 57.7 Å². The summed E-state index contributed by atoms with van der Waals surface area (Å²) in [4.78, 5) is 28.9. The number of amides is 2. The Bertz CT molecular complexity index is 385. The molecular formula is C14H25N3O2. The van der Waals surface area contributed by atoms with E-state index in [4.69, 9.17) is 0 Å². The highest BCUT2D eigenvalue weighted by molar-refractivity contribution is 5.99. The maximum Gasteiger partial charge on any atom is 0.248 e. The minimum Gasteiger partial charge on any atom is -0.340 e. The molecule has 0 aromatic rings. The lowest BCUT2D eigenvalue weighted by Crippen LogP contribution is -2.71. The van der Waals surface area contributed by atoms with E-state index in [-0.39, 0.29) is 23.9 Å². The van der Waals surface area contributed by atoms with Gasteiger partial charge in [0.05, 0.1) is 0 Å². The van der Waals surface area contributed by atoms with Crippen LogP contribution in [0.2, 0.25) is 0 Å². The van der Waals surface area contributed by atoms with Gasteiger partial charge in [0.15, 0.2) is 0 Å². The zero-order chi connectivity index (χ0) is 14.2. The van der Waals surface area contributed by atoms with Crippen LogP contribution in [0.15, 0.2) is 0 Å². The van der Waals surface area contributed by atoms with Crippen molar-refractivity contribution >= 4 is 11.8 Å². The number of likely N-dealkylation sites (N-methyl/N-ethyl adjacent to an activating group) is 1. The van der Waals surface area contributed by atoms with Crippen molar-refractivity contribution < 1.29 is 9.59 Å². The van der Waals surface area contributed by atoms with Crippen LogP contribution in [-0.4, -0.2) is 59.4 Å². The normalized spacial score (nSPS) is 37.4. The molecule has 19 heavy (non-hydrogen) atoms. The Morgan fingerprint density at radius 3 is 2.68 bits per heavy atom. The molecule has 0 radical (unpaired) electrons. The van der Waals surface area contributed by atoms with Gasteiger partial charge in [-0.3, -0.25) is 9.59 Å². The molecule has 2 aliphatic rings. The number of carbonyl (C=O) groups is 2. The van der Waals surface area contributed by atoms with Crippen LogP contribution in [0.5, 0.6) is 0 Å². The van der Waals surface area contributed by atoms with Crippen LogP contribution in [0, 0.1) is 0 Å². The summed E-state index contributed by atoms with van der Waals surface area (Å²) in [7, 11) is 2.07. The summed E-state index contributed by atoms with van der Waals surface area (Å²) in [6.07, 6.45) is 2.71. The molecule has 0 aliphatic carbocycles. The van der Waals surface area contributed by atoms with E-state index in [1.165, 1.54) is 0 Å². The molecule has 0 aromatic heterocycles. The second kappa shape index (κ2) is 5.12. The molecule has 2 aliphatic heterocycles. The first-order valence-electron chi connectivity index (χ1n) is 7.22. The quantitative estimate of drug-likeness (QED) is 0.797. The first kappa shape index (κ1) is 14.3. The second-order valence-corrected chi connectivity index (χ2v) is 6.12. The number of hydrogen-bond acceptors (Lipinski definition) is 3. The minimum absolute atomic E-state index is 0.0304. The fourth-order valence-electron chi connectivity index (χ4n) is 3.10. The fraction of sp³-hybridized carbons (Fsp3) is 0.857. The third kappa shape index (κ3) is 2.48. The largest absolute Gasteiger partial charge is 0.340 e. The molecule has 2 heterocycles. The van der Waals surface area contributed by atoms with E-state index in [1.807, 2.05) is 25.7 Å². The van der Waals surface area contributed by atoms with Crippen molar-refractivity contribution in [2.24, 2.45) is 0 Å². The maximum absolute atomic E-state index is 12.7. The Morgan fingerprint density at radius 2 is 2.11 bits per heavy atom. The van der Waals surface area contributed by atoms with E-state index >= 15 is 0 Å². The number of nitrogens with one attached hydrogen (secondary N) is 1. The molecule has 5 heteroatoms. The topological polar surface area (TPSA) is 52.7 Å². The molecule has 0 saturated carbocycles. The smallest absolute Gasteiger partial charge is 0.248 e. The van der Waals surface area contributed by atoms with Crippen molar-refractivity contribution in [2.75, 3.05) is 20.1 Å². The van der Waals surface area contributed by atoms with E-state index in [0.717, 1.165) is 25.9 Å². The Morgan fingerprint density at radius 1 is 1.42 bits per heavy atom. The van der Waals surface area contributed by atoms with E-state index < -0.39 is 5.54 Å². The monoisotopic (exact) mass is 267 g/mol. The van der Waals surface area contributed by atoms with Crippen LogP contribution >= 0.6 is 0 Å². The average molecular weight is 267 g/mol. The summed E-state index contributed by atoms with van der Waals surface area (Å²) in [5.74, 6) is 0.0413. The van der Waals surface area contributed by atoms with Crippen LogP contribution in [-0.2, 0) is 9.59 Å². The Balaban J connectivity index is 2.25. The van der Waals surface area contributed by atoms with Gasteiger partial charge in [0.25, 0.3) is 0 Å². The molecule has 5 nitrogen and oxygen atoms in total. The molecular weight excluding hydrogens is 242 g/mol. The summed E-state index contributed by atoms with van der Waals surface area (Å²) in [5.41, 5.74) is -0.736. The Labute approximate surface area is 115 Å². The fourth-order valence-corrected chi connectivity index (χ4v) is 3.10. The number of hydrogen-bond donors (Lipinski definition) is 1. The van der Waals surface area contributed by atoms with Crippen LogP contribution in [0.3, 0.4) is 0 Å². The first-order valence-corrected chi connectivity index (χ1v) is 7.22. The summed E-state index contributed by atoms with van der Waals surface area (Å²) < 4.78 is 0. The summed E-state index contributed by atoms with van der Waals surface area (Å²) >= 11 is 0. The van der Waals surface area contributed by atoms with E-state index in [2.05, 4.69) is 17.3 Å². The molecule has 2 rings (SSSR count). The minimum atomic E-state index is -0.736. The number of piperazine rings is 1. The molecule has 1 N–H and O–H groups in total. The zero-order valence-electron chi connectivity index (χ0n) is 12.4. The number of nitrogens with zero attached hydrogens (tertiary/aromatic N) is 2. The van der Waals surface area contributed by atoms with Crippen molar-refractivity contribution in [3.8, 4) is 0 Å². The lowest BCUT2D eigenvalue weighted by Gasteiger charge is -2.48. The van der Waals surface area contributed by atoms with Crippen LogP contribution in [0.4, 0.5) is 0 Å². The Kier molecular flexibility index (Phi) is 3.85. The van der Waals surface area contributed by atoms with Gasteiger partial charge in [-0.25, -0.2) is 0 Å². The van der Waals surface area contributed by atoms with Gasteiger partial charge in [-0.05, 0) is 46.7 Å². The van der Waals surface area contributed by atoms with E-state index in [9.17, 15) is 9.59 Å². The van der Waals surface area contributed by atoms with Gasteiger partial charge in [-0.1, -0.05) is 6.92 Å². The Hall–Kier alpha value is -1.10. The number of piperidine rings is 1. The highest BCUT2D eigenvalue weighted by Gasteiger charge is 2.47. The third-order valence-electron chi connectivity index (χ3n) is 4.60. The van der Waals surface area contributed by atoms with Gasteiger partial charge < -0.3 is 15.1 Å².